The van der Waals surface area contributed by atoms with E-state index in [1.165, 1.54) is 0 Å². The third kappa shape index (κ3) is 13.1. The summed E-state index contributed by atoms with van der Waals surface area (Å²) < 4.78 is 9.55. The van der Waals surface area contributed by atoms with E-state index in [-0.39, 0.29) is 30.8 Å². The van der Waals surface area contributed by atoms with Gasteiger partial charge in [0.05, 0.1) is 0 Å². The fourth-order valence-corrected chi connectivity index (χ4v) is 1.44. The summed E-state index contributed by atoms with van der Waals surface area (Å²) in [6.45, 7) is 3.46. The van der Waals surface area contributed by atoms with Gasteiger partial charge in [-0.1, -0.05) is 0 Å². The molecule has 0 aliphatic carbocycles. The van der Waals surface area contributed by atoms with Crippen molar-refractivity contribution < 1.29 is 19.1 Å². The van der Waals surface area contributed by atoms with Gasteiger partial charge in [0.15, 0.2) is 0 Å². The highest BCUT2D eigenvalue weighted by atomic mass is 16.7. The Morgan fingerprint density at radius 2 is 1.26 bits per heavy atom. The molecule has 0 saturated carbocycles. The first-order valence-corrected chi connectivity index (χ1v) is 6.74. The molecule has 2 atom stereocenters. The Hall–Kier alpha value is -1.14. The van der Waals surface area contributed by atoms with E-state index in [2.05, 4.69) is 0 Å². The Kier molecular flexibility index (Phi) is 10.1. The summed E-state index contributed by atoms with van der Waals surface area (Å²) >= 11 is 0. The molecular formula is C13H26N2O4. The van der Waals surface area contributed by atoms with E-state index in [0.29, 0.717) is 25.7 Å². The average molecular weight is 274 g/mol. The van der Waals surface area contributed by atoms with Crippen molar-refractivity contribution in [2.24, 2.45) is 11.5 Å². The van der Waals surface area contributed by atoms with Crippen molar-refractivity contribution in [1.29, 1.82) is 0 Å². The molecule has 0 rings (SSSR count). The quantitative estimate of drug-likeness (QED) is 0.456. The van der Waals surface area contributed by atoms with Crippen LogP contribution in [0.15, 0.2) is 0 Å². The molecule has 0 aromatic carbocycles. The second-order valence-electron chi connectivity index (χ2n) is 4.89. The first kappa shape index (κ1) is 17.9. The van der Waals surface area contributed by atoms with E-state index in [4.69, 9.17) is 20.9 Å². The molecule has 0 unspecified atom stereocenters. The summed E-state index contributed by atoms with van der Waals surface area (Å²) in [5, 5.41) is 0. The molecule has 6 nitrogen and oxygen atoms in total. The van der Waals surface area contributed by atoms with Crippen LogP contribution in [0.1, 0.15) is 52.4 Å². The largest absolute Gasteiger partial charge is 0.428 e. The number of esters is 2. The molecule has 0 radical (unpaired) electrons. The molecule has 0 aliphatic rings. The summed E-state index contributed by atoms with van der Waals surface area (Å²) in [4.78, 5) is 22.5. The second kappa shape index (κ2) is 10.8. The molecule has 0 bridgehead atoms. The van der Waals surface area contributed by atoms with E-state index in [1.807, 2.05) is 13.8 Å². The smallest absolute Gasteiger partial charge is 0.308 e. The predicted molar refractivity (Wildman–Crippen MR) is 72.1 cm³/mol. The van der Waals surface area contributed by atoms with Crippen LogP contribution in [0.5, 0.6) is 0 Å². The Labute approximate surface area is 114 Å². The highest BCUT2D eigenvalue weighted by Gasteiger charge is 2.07. The van der Waals surface area contributed by atoms with Gasteiger partial charge < -0.3 is 20.9 Å². The Morgan fingerprint density at radius 3 is 1.58 bits per heavy atom. The first-order valence-electron chi connectivity index (χ1n) is 6.74. The number of rotatable bonds is 10. The normalized spacial score (nSPS) is 13.7. The monoisotopic (exact) mass is 274 g/mol. The van der Waals surface area contributed by atoms with Crippen LogP contribution < -0.4 is 11.5 Å². The topological polar surface area (TPSA) is 105 Å². The maximum absolute atomic E-state index is 11.2. The van der Waals surface area contributed by atoms with Crippen molar-refractivity contribution >= 4 is 11.9 Å². The van der Waals surface area contributed by atoms with Crippen LogP contribution >= 0.6 is 0 Å². The van der Waals surface area contributed by atoms with Crippen LogP contribution in [0.3, 0.4) is 0 Å². The van der Waals surface area contributed by atoms with Gasteiger partial charge >= 0.3 is 11.9 Å². The molecule has 0 spiro atoms. The standard InChI is InChI=1S/C13H26N2O4/c1-10(14)5-3-7-12(16)18-9-19-13(17)8-4-6-11(2)15/h10-11H,3-9,14-15H2,1-2H3/t10-,11-/m1/s1. The van der Waals surface area contributed by atoms with Gasteiger partial charge in [0.1, 0.15) is 0 Å². The van der Waals surface area contributed by atoms with Gasteiger partial charge in [-0.3, -0.25) is 9.59 Å². The lowest BCUT2D eigenvalue weighted by molar-refractivity contribution is -0.167. The minimum Gasteiger partial charge on any atom is -0.428 e. The number of ether oxygens (including phenoxy) is 2. The van der Waals surface area contributed by atoms with Gasteiger partial charge in [-0.2, -0.15) is 0 Å². The fourth-order valence-electron chi connectivity index (χ4n) is 1.44. The van der Waals surface area contributed by atoms with Crippen molar-refractivity contribution in [3.8, 4) is 0 Å². The summed E-state index contributed by atoms with van der Waals surface area (Å²) in [5.41, 5.74) is 11.1. The summed E-state index contributed by atoms with van der Waals surface area (Å²) in [6, 6.07) is 0.158. The van der Waals surface area contributed by atoms with Gasteiger partial charge in [-0.15, -0.1) is 0 Å². The molecule has 0 aliphatic heterocycles. The van der Waals surface area contributed by atoms with Crippen LogP contribution in [0.25, 0.3) is 0 Å². The zero-order chi connectivity index (χ0) is 14.7. The molecule has 0 aromatic heterocycles. The van der Waals surface area contributed by atoms with E-state index < -0.39 is 0 Å². The third-order valence-electron chi connectivity index (χ3n) is 2.52. The Morgan fingerprint density at radius 1 is 0.895 bits per heavy atom. The van der Waals surface area contributed by atoms with Gasteiger partial charge in [-0.05, 0) is 39.5 Å². The van der Waals surface area contributed by atoms with Crippen molar-refractivity contribution in [3.63, 3.8) is 0 Å². The van der Waals surface area contributed by atoms with Crippen LogP contribution in [0, 0.1) is 0 Å². The van der Waals surface area contributed by atoms with E-state index in [1.54, 1.807) is 0 Å². The van der Waals surface area contributed by atoms with E-state index in [9.17, 15) is 9.59 Å². The Balaban J connectivity index is 3.45. The summed E-state index contributed by atoms with van der Waals surface area (Å²) in [5.74, 6) is -0.743. The van der Waals surface area contributed by atoms with Gasteiger partial charge in [0.2, 0.25) is 6.79 Å². The minimum atomic E-state index is -0.371. The first-order chi connectivity index (χ1) is 8.91. The number of carbonyl (C=O) groups excluding carboxylic acids is 2. The maximum atomic E-state index is 11.2. The highest BCUT2D eigenvalue weighted by Crippen LogP contribution is 2.02. The zero-order valence-corrected chi connectivity index (χ0v) is 11.9. The van der Waals surface area contributed by atoms with Gasteiger partial charge in [0, 0.05) is 24.9 Å². The van der Waals surface area contributed by atoms with E-state index in [0.717, 1.165) is 12.8 Å². The van der Waals surface area contributed by atoms with Crippen molar-refractivity contribution in [2.45, 2.75) is 64.5 Å². The maximum Gasteiger partial charge on any atom is 0.308 e. The average Bonchev–Trinajstić information content (AvgIpc) is 2.27. The van der Waals surface area contributed by atoms with E-state index >= 15 is 0 Å². The molecule has 0 heterocycles. The molecule has 0 amide bonds. The van der Waals surface area contributed by atoms with Crippen LogP contribution in [-0.4, -0.2) is 30.8 Å². The lowest BCUT2D eigenvalue weighted by Gasteiger charge is -2.07. The van der Waals surface area contributed by atoms with Crippen molar-refractivity contribution in [1.82, 2.24) is 0 Å². The van der Waals surface area contributed by atoms with Crippen molar-refractivity contribution in [3.05, 3.63) is 0 Å². The number of nitrogens with two attached hydrogens (primary N) is 2. The van der Waals surface area contributed by atoms with Gasteiger partial charge in [-0.25, -0.2) is 0 Å². The molecular weight excluding hydrogens is 248 g/mol. The van der Waals surface area contributed by atoms with Crippen molar-refractivity contribution in [2.75, 3.05) is 6.79 Å². The lowest BCUT2D eigenvalue weighted by atomic mass is 10.1. The molecule has 0 fully saturated rings. The lowest BCUT2D eigenvalue weighted by Crippen LogP contribution is -2.17. The number of hydrogen-bond donors (Lipinski definition) is 2. The van der Waals surface area contributed by atoms with Crippen LogP contribution in [0.4, 0.5) is 0 Å². The second-order valence-corrected chi connectivity index (χ2v) is 4.89. The molecule has 4 N–H and O–H groups in total. The molecule has 0 saturated heterocycles. The fraction of sp³-hybridized carbons (Fsp3) is 0.846. The molecule has 19 heavy (non-hydrogen) atoms. The number of hydrogen-bond acceptors (Lipinski definition) is 6. The van der Waals surface area contributed by atoms with Crippen LogP contribution in [-0.2, 0) is 19.1 Å². The summed E-state index contributed by atoms with van der Waals surface area (Å²) in [6.07, 6.45) is 3.49. The SMILES string of the molecule is C[C@@H](N)CCCC(=O)OCOC(=O)CCC[C@@H](C)N. The van der Waals surface area contributed by atoms with Gasteiger partial charge in [0.25, 0.3) is 0 Å². The zero-order valence-electron chi connectivity index (χ0n) is 11.9. The minimum absolute atomic E-state index is 0.0792. The summed E-state index contributed by atoms with van der Waals surface area (Å²) in [7, 11) is 0. The third-order valence-corrected chi connectivity index (χ3v) is 2.52. The number of carbonyl (C=O) groups is 2. The van der Waals surface area contributed by atoms with Crippen LogP contribution in [0.2, 0.25) is 0 Å². The highest BCUT2D eigenvalue weighted by molar-refractivity contribution is 5.70. The molecule has 112 valence electrons. The molecule has 6 heteroatoms. The molecule has 0 aromatic rings. The Bertz CT molecular complexity index is 241. The predicted octanol–water partition coefficient (Wildman–Crippen LogP) is 1.07.